The van der Waals surface area contributed by atoms with Crippen molar-refractivity contribution >= 4 is 5.97 Å². The third-order valence-electron chi connectivity index (χ3n) is 2.83. The standard InChI is InChI=1S/C9H17NO3/c1-7(8(11)13-2)9(12)3-5-10-6-4-9/h7,10,12H,3-6H2,1-2H3. The molecule has 0 aromatic carbocycles. The van der Waals surface area contributed by atoms with Gasteiger partial charge in [-0.15, -0.1) is 0 Å². The van der Waals surface area contributed by atoms with Crippen molar-refractivity contribution in [3.8, 4) is 0 Å². The highest BCUT2D eigenvalue weighted by Crippen LogP contribution is 2.27. The molecule has 0 aromatic heterocycles. The van der Waals surface area contributed by atoms with Gasteiger partial charge >= 0.3 is 5.97 Å². The summed E-state index contributed by atoms with van der Waals surface area (Å²) in [6.45, 7) is 3.24. The second-order valence-electron chi connectivity index (χ2n) is 3.60. The van der Waals surface area contributed by atoms with Gasteiger partial charge in [0.25, 0.3) is 0 Å². The highest BCUT2D eigenvalue weighted by molar-refractivity contribution is 5.73. The van der Waals surface area contributed by atoms with E-state index in [-0.39, 0.29) is 5.97 Å². The highest BCUT2D eigenvalue weighted by Gasteiger charge is 2.39. The van der Waals surface area contributed by atoms with E-state index in [4.69, 9.17) is 0 Å². The fourth-order valence-electron chi connectivity index (χ4n) is 1.69. The third kappa shape index (κ3) is 2.19. The second-order valence-corrected chi connectivity index (χ2v) is 3.60. The van der Waals surface area contributed by atoms with Crippen molar-refractivity contribution in [2.45, 2.75) is 25.4 Å². The van der Waals surface area contributed by atoms with E-state index in [2.05, 4.69) is 10.1 Å². The van der Waals surface area contributed by atoms with Crippen molar-refractivity contribution in [2.75, 3.05) is 20.2 Å². The van der Waals surface area contributed by atoms with Gasteiger partial charge in [0, 0.05) is 0 Å². The molecule has 1 heterocycles. The first-order valence-electron chi connectivity index (χ1n) is 4.61. The molecule has 4 heteroatoms. The molecular weight excluding hydrogens is 170 g/mol. The SMILES string of the molecule is COC(=O)C(C)C1(O)CCNCC1. The molecule has 0 bridgehead atoms. The van der Waals surface area contributed by atoms with Gasteiger partial charge < -0.3 is 15.2 Å². The van der Waals surface area contributed by atoms with Crippen LogP contribution in [0.15, 0.2) is 0 Å². The van der Waals surface area contributed by atoms with Gasteiger partial charge in [0.05, 0.1) is 18.6 Å². The summed E-state index contributed by atoms with van der Waals surface area (Å²) in [7, 11) is 1.35. The Morgan fingerprint density at radius 2 is 2.08 bits per heavy atom. The van der Waals surface area contributed by atoms with E-state index < -0.39 is 11.5 Å². The molecule has 1 saturated heterocycles. The van der Waals surface area contributed by atoms with Gasteiger partial charge in [0.1, 0.15) is 0 Å². The first-order valence-corrected chi connectivity index (χ1v) is 4.61. The van der Waals surface area contributed by atoms with Crippen molar-refractivity contribution in [1.82, 2.24) is 5.32 Å². The molecule has 0 radical (unpaired) electrons. The summed E-state index contributed by atoms with van der Waals surface area (Å²) >= 11 is 0. The zero-order chi connectivity index (χ0) is 9.90. The van der Waals surface area contributed by atoms with Gasteiger partial charge in [-0.3, -0.25) is 4.79 Å². The molecule has 0 saturated carbocycles. The van der Waals surface area contributed by atoms with E-state index in [1.807, 2.05) is 0 Å². The molecule has 0 aliphatic carbocycles. The lowest BCUT2D eigenvalue weighted by Gasteiger charge is -2.36. The zero-order valence-electron chi connectivity index (χ0n) is 8.17. The summed E-state index contributed by atoms with van der Waals surface area (Å²) in [5, 5.41) is 13.2. The molecule has 1 fully saturated rings. The van der Waals surface area contributed by atoms with Crippen molar-refractivity contribution < 1.29 is 14.6 Å². The molecule has 0 amide bonds. The van der Waals surface area contributed by atoms with Gasteiger partial charge in [0.2, 0.25) is 0 Å². The van der Waals surface area contributed by atoms with E-state index in [1.165, 1.54) is 7.11 Å². The Morgan fingerprint density at radius 1 is 1.54 bits per heavy atom. The van der Waals surface area contributed by atoms with Crippen LogP contribution in [-0.2, 0) is 9.53 Å². The number of piperidine rings is 1. The van der Waals surface area contributed by atoms with Gasteiger partial charge in [-0.05, 0) is 32.9 Å². The normalized spacial score (nSPS) is 23.6. The van der Waals surface area contributed by atoms with Crippen molar-refractivity contribution in [2.24, 2.45) is 5.92 Å². The molecule has 1 aliphatic rings. The number of carbonyl (C=O) groups excluding carboxylic acids is 1. The Kier molecular flexibility index (Phi) is 3.27. The highest BCUT2D eigenvalue weighted by atomic mass is 16.5. The van der Waals surface area contributed by atoms with Crippen LogP contribution in [0.2, 0.25) is 0 Å². The lowest BCUT2D eigenvalue weighted by atomic mass is 9.81. The molecule has 1 rings (SSSR count). The van der Waals surface area contributed by atoms with E-state index in [1.54, 1.807) is 6.92 Å². The largest absolute Gasteiger partial charge is 0.469 e. The second kappa shape index (κ2) is 4.07. The summed E-state index contributed by atoms with van der Waals surface area (Å²) in [5.74, 6) is -0.760. The lowest BCUT2D eigenvalue weighted by molar-refractivity contribution is -0.156. The Bertz CT molecular complexity index is 187. The Morgan fingerprint density at radius 3 is 2.54 bits per heavy atom. The molecule has 1 atom stereocenters. The average molecular weight is 187 g/mol. The van der Waals surface area contributed by atoms with Crippen LogP contribution in [0.5, 0.6) is 0 Å². The molecule has 1 aliphatic heterocycles. The van der Waals surface area contributed by atoms with Crippen LogP contribution in [0, 0.1) is 5.92 Å². The van der Waals surface area contributed by atoms with Crippen molar-refractivity contribution in [1.29, 1.82) is 0 Å². The molecule has 76 valence electrons. The predicted molar refractivity (Wildman–Crippen MR) is 48.2 cm³/mol. The van der Waals surface area contributed by atoms with Crippen molar-refractivity contribution in [3.63, 3.8) is 0 Å². The summed E-state index contributed by atoms with van der Waals surface area (Å²) in [6.07, 6.45) is 1.23. The number of methoxy groups -OCH3 is 1. The minimum Gasteiger partial charge on any atom is -0.469 e. The number of esters is 1. The lowest BCUT2D eigenvalue weighted by Crippen LogP contribution is -2.49. The molecule has 13 heavy (non-hydrogen) atoms. The first kappa shape index (κ1) is 10.5. The number of rotatable bonds is 2. The Hall–Kier alpha value is -0.610. The van der Waals surface area contributed by atoms with Crippen LogP contribution in [-0.4, -0.2) is 36.9 Å². The average Bonchev–Trinajstić information content (AvgIpc) is 2.16. The van der Waals surface area contributed by atoms with E-state index >= 15 is 0 Å². The van der Waals surface area contributed by atoms with Crippen LogP contribution in [0.1, 0.15) is 19.8 Å². The maximum Gasteiger partial charge on any atom is 0.311 e. The topological polar surface area (TPSA) is 58.6 Å². The number of ether oxygens (including phenoxy) is 1. The summed E-state index contributed by atoms with van der Waals surface area (Å²) in [5.41, 5.74) is -0.877. The van der Waals surface area contributed by atoms with E-state index in [9.17, 15) is 9.90 Å². The summed E-state index contributed by atoms with van der Waals surface area (Å²) in [4.78, 5) is 11.2. The summed E-state index contributed by atoms with van der Waals surface area (Å²) < 4.78 is 4.61. The molecule has 0 aromatic rings. The Labute approximate surface area is 78.3 Å². The predicted octanol–water partition coefficient (Wildman–Crippen LogP) is -0.0900. The monoisotopic (exact) mass is 187 g/mol. The quantitative estimate of drug-likeness (QED) is 0.593. The van der Waals surface area contributed by atoms with Crippen LogP contribution in [0.4, 0.5) is 0 Å². The van der Waals surface area contributed by atoms with E-state index in [0.29, 0.717) is 12.8 Å². The van der Waals surface area contributed by atoms with Gasteiger partial charge in [-0.1, -0.05) is 0 Å². The minimum atomic E-state index is -0.877. The number of hydrogen-bond acceptors (Lipinski definition) is 4. The first-order chi connectivity index (χ1) is 6.10. The third-order valence-corrected chi connectivity index (χ3v) is 2.83. The molecule has 0 spiro atoms. The molecule has 4 nitrogen and oxygen atoms in total. The number of hydrogen-bond donors (Lipinski definition) is 2. The van der Waals surface area contributed by atoms with E-state index in [0.717, 1.165) is 13.1 Å². The molecule has 2 N–H and O–H groups in total. The zero-order valence-corrected chi connectivity index (χ0v) is 8.17. The van der Waals surface area contributed by atoms with Crippen LogP contribution in [0.3, 0.4) is 0 Å². The molecular formula is C9H17NO3. The van der Waals surface area contributed by atoms with Gasteiger partial charge in [-0.2, -0.15) is 0 Å². The fraction of sp³-hybridized carbons (Fsp3) is 0.889. The summed E-state index contributed by atoms with van der Waals surface area (Å²) in [6, 6.07) is 0. The van der Waals surface area contributed by atoms with Gasteiger partial charge in [-0.25, -0.2) is 0 Å². The Balaban J connectivity index is 2.61. The van der Waals surface area contributed by atoms with Crippen molar-refractivity contribution in [3.05, 3.63) is 0 Å². The maximum atomic E-state index is 11.2. The van der Waals surface area contributed by atoms with Crippen LogP contribution >= 0.6 is 0 Å². The van der Waals surface area contributed by atoms with Gasteiger partial charge in [0.15, 0.2) is 0 Å². The van der Waals surface area contributed by atoms with Crippen LogP contribution < -0.4 is 5.32 Å². The number of carbonyl (C=O) groups is 1. The fourth-order valence-corrected chi connectivity index (χ4v) is 1.69. The van der Waals surface area contributed by atoms with Crippen LogP contribution in [0.25, 0.3) is 0 Å². The maximum absolute atomic E-state index is 11.2. The smallest absolute Gasteiger partial charge is 0.311 e. The number of nitrogens with one attached hydrogen (secondary N) is 1. The minimum absolute atomic E-state index is 0.329. The molecule has 1 unspecified atom stereocenters. The number of aliphatic hydroxyl groups is 1.